The fourth-order valence-electron chi connectivity index (χ4n) is 1.54. The second-order valence-electron chi connectivity index (χ2n) is 3.89. The maximum Gasteiger partial charge on any atom is 0.166 e. The summed E-state index contributed by atoms with van der Waals surface area (Å²) in [7, 11) is 0. The Morgan fingerprint density at radius 2 is 1.95 bits per heavy atom. The molecule has 0 spiro atoms. The zero-order valence-corrected chi connectivity index (χ0v) is 9.86. The van der Waals surface area contributed by atoms with Gasteiger partial charge in [0, 0.05) is 11.3 Å². The lowest BCUT2D eigenvalue weighted by Crippen LogP contribution is -2.02. The standard InChI is InChI=1S/C14H10F2N2O/c15-11-3-2-10(13(18)6-11)8-19-14-4-1-9(7-17)5-12(14)16/h1-6H,8,18H2. The van der Waals surface area contributed by atoms with E-state index < -0.39 is 11.6 Å². The van der Waals surface area contributed by atoms with Crippen molar-refractivity contribution in [3.05, 3.63) is 59.2 Å². The molecule has 0 radical (unpaired) electrons. The van der Waals surface area contributed by atoms with Crippen molar-refractivity contribution in [1.29, 1.82) is 5.26 Å². The zero-order chi connectivity index (χ0) is 13.8. The van der Waals surface area contributed by atoms with Crippen LogP contribution in [0, 0.1) is 23.0 Å². The molecule has 19 heavy (non-hydrogen) atoms. The predicted octanol–water partition coefficient (Wildman–Crippen LogP) is 3.00. The van der Waals surface area contributed by atoms with Gasteiger partial charge in [-0.25, -0.2) is 8.78 Å². The van der Waals surface area contributed by atoms with Gasteiger partial charge >= 0.3 is 0 Å². The smallest absolute Gasteiger partial charge is 0.166 e. The zero-order valence-electron chi connectivity index (χ0n) is 9.86. The summed E-state index contributed by atoms with van der Waals surface area (Å²) >= 11 is 0. The highest BCUT2D eigenvalue weighted by Crippen LogP contribution is 2.21. The minimum absolute atomic E-state index is 0.0164. The molecule has 0 saturated carbocycles. The molecule has 5 heteroatoms. The normalized spacial score (nSPS) is 9.95. The van der Waals surface area contributed by atoms with E-state index in [1.165, 1.54) is 30.3 Å². The highest BCUT2D eigenvalue weighted by molar-refractivity contribution is 5.46. The first-order chi connectivity index (χ1) is 9.10. The monoisotopic (exact) mass is 260 g/mol. The van der Waals surface area contributed by atoms with Gasteiger partial charge in [-0.3, -0.25) is 0 Å². The summed E-state index contributed by atoms with van der Waals surface area (Å²) in [6, 6.07) is 9.64. The first kappa shape index (κ1) is 12.8. The van der Waals surface area contributed by atoms with E-state index in [1.54, 1.807) is 0 Å². The number of hydrogen-bond donors (Lipinski definition) is 1. The van der Waals surface area contributed by atoms with Crippen LogP contribution >= 0.6 is 0 Å². The van der Waals surface area contributed by atoms with Gasteiger partial charge in [-0.2, -0.15) is 5.26 Å². The maximum atomic E-state index is 13.5. The van der Waals surface area contributed by atoms with E-state index in [1.807, 2.05) is 6.07 Å². The molecule has 0 unspecified atom stereocenters. The Balaban J connectivity index is 2.13. The van der Waals surface area contributed by atoms with Crippen LogP contribution in [0.15, 0.2) is 36.4 Å². The van der Waals surface area contributed by atoms with Crippen molar-refractivity contribution in [2.24, 2.45) is 0 Å². The van der Waals surface area contributed by atoms with Gasteiger partial charge in [0.05, 0.1) is 11.6 Å². The first-order valence-corrected chi connectivity index (χ1v) is 5.46. The van der Waals surface area contributed by atoms with Crippen LogP contribution in [0.1, 0.15) is 11.1 Å². The van der Waals surface area contributed by atoms with Crippen molar-refractivity contribution in [2.75, 3.05) is 5.73 Å². The minimum atomic E-state index is -0.625. The Hall–Kier alpha value is -2.61. The third-order valence-electron chi connectivity index (χ3n) is 2.55. The van der Waals surface area contributed by atoms with Gasteiger partial charge in [-0.1, -0.05) is 6.07 Å². The van der Waals surface area contributed by atoms with Crippen molar-refractivity contribution in [3.8, 4) is 11.8 Å². The van der Waals surface area contributed by atoms with Crippen molar-refractivity contribution in [3.63, 3.8) is 0 Å². The highest BCUT2D eigenvalue weighted by atomic mass is 19.1. The van der Waals surface area contributed by atoms with E-state index >= 15 is 0 Å². The van der Waals surface area contributed by atoms with Crippen molar-refractivity contribution in [1.82, 2.24) is 0 Å². The van der Waals surface area contributed by atoms with Gasteiger partial charge in [0.25, 0.3) is 0 Å². The maximum absolute atomic E-state index is 13.5. The fourth-order valence-corrected chi connectivity index (χ4v) is 1.54. The molecule has 0 saturated heterocycles. The van der Waals surface area contributed by atoms with Crippen molar-refractivity contribution < 1.29 is 13.5 Å². The molecule has 0 aromatic heterocycles. The number of ether oxygens (including phenoxy) is 1. The van der Waals surface area contributed by atoms with E-state index in [2.05, 4.69) is 0 Å². The summed E-state index contributed by atoms with van der Waals surface area (Å²) in [6.07, 6.45) is 0. The van der Waals surface area contributed by atoms with Crippen LogP contribution in [0.4, 0.5) is 14.5 Å². The molecule has 0 aliphatic rings. The summed E-state index contributed by atoms with van der Waals surface area (Å²) in [5, 5.41) is 8.61. The van der Waals surface area contributed by atoms with Crippen LogP contribution in [-0.4, -0.2) is 0 Å². The quantitative estimate of drug-likeness (QED) is 0.863. The number of anilines is 1. The second kappa shape index (κ2) is 5.36. The fraction of sp³-hybridized carbons (Fsp3) is 0.0714. The topological polar surface area (TPSA) is 59.0 Å². The van der Waals surface area contributed by atoms with Crippen LogP contribution in [0.5, 0.6) is 5.75 Å². The third kappa shape index (κ3) is 2.99. The second-order valence-corrected chi connectivity index (χ2v) is 3.89. The van der Waals surface area contributed by atoms with Gasteiger partial charge < -0.3 is 10.5 Å². The van der Waals surface area contributed by atoms with E-state index in [-0.39, 0.29) is 23.6 Å². The molecule has 0 bridgehead atoms. The molecule has 0 heterocycles. The Morgan fingerprint density at radius 1 is 1.16 bits per heavy atom. The van der Waals surface area contributed by atoms with Crippen LogP contribution < -0.4 is 10.5 Å². The average Bonchev–Trinajstić information content (AvgIpc) is 2.39. The third-order valence-corrected chi connectivity index (χ3v) is 2.55. The van der Waals surface area contributed by atoms with Gasteiger partial charge in [0.2, 0.25) is 0 Å². The van der Waals surface area contributed by atoms with Crippen LogP contribution in [0.25, 0.3) is 0 Å². The number of rotatable bonds is 3. The Labute approximate surface area is 108 Å². The number of benzene rings is 2. The lowest BCUT2D eigenvalue weighted by molar-refractivity contribution is 0.291. The lowest BCUT2D eigenvalue weighted by atomic mass is 10.2. The molecular formula is C14H10F2N2O. The van der Waals surface area contributed by atoms with Gasteiger partial charge in [0.1, 0.15) is 12.4 Å². The van der Waals surface area contributed by atoms with Crippen LogP contribution in [-0.2, 0) is 6.61 Å². The predicted molar refractivity (Wildman–Crippen MR) is 66.3 cm³/mol. The molecular weight excluding hydrogens is 250 g/mol. The molecule has 2 N–H and O–H groups in total. The summed E-state index contributed by atoms with van der Waals surface area (Å²) in [5.41, 5.74) is 6.63. The number of hydrogen-bond acceptors (Lipinski definition) is 3. The number of nitrogens with two attached hydrogens (primary N) is 1. The van der Waals surface area contributed by atoms with E-state index in [0.29, 0.717) is 5.56 Å². The van der Waals surface area contributed by atoms with Gasteiger partial charge in [-0.15, -0.1) is 0 Å². The number of nitrogen functional groups attached to an aromatic ring is 1. The summed E-state index contributed by atoms with van der Waals surface area (Å²) in [6.45, 7) is 0.0228. The largest absolute Gasteiger partial charge is 0.486 e. The summed E-state index contributed by atoms with van der Waals surface area (Å²) in [5.74, 6) is -1.05. The molecule has 96 valence electrons. The van der Waals surface area contributed by atoms with E-state index in [4.69, 9.17) is 15.7 Å². The molecule has 0 aliphatic carbocycles. The molecule has 0 fully saturated rings. The SMILES string of the molecule is N#Cc1ccc(OCc2ccc(F)cc2N)c(F)c1. The Morgan fingerprint density at radius 3 is 2.58 bits per heavy atom. The van der Waals surface area contributed by atoms with Gasteiger partial charge in [-0.05, 0) is 30.3 Å². The minimum Gasteiger partial charge on any atom is -0.486 e. The molecule has 0 atom stereocenters. The molecule has 3 nitrogen and oxygen atoms in total. The summed E-state index contributed by atoms with van der Waals surface area (Å²) in [4.78, 5) is 0. The Kier molecular flexibility index (Phi) is 3.62. The number of halogens is 2. The Bertz CT molecular complexity index is 650. The first-order valence-electron chi connectivity index (χ1n) is 5.46. The highest BCUT2D eigenvalue weighted by Gasteiger charge is 2.07. The molecule has 2 rings (SSSR count). The number of nitrogens with zero attached hydrogens (tertiary/aromatic N) is 1. The van der Waals surface area contributed by atoms with Crippen LogP contribution in [0.3, 0.4) is 0 Å². The van der Waals surface area contributed by atoms with Gasteiger partial charge in [0.15, 0.2) is 11.6 Å². The molecule has 2 aromatic carbocycles. The average molecular weight is 260 g/mol. The lowest BCUT2D eigenvalue weighted by Gasteiger charge is -2.09. The van der Waals surface area contributed by atoms with Crippen molar-refractivity contribution >= 4 is 5.69 Å². The molecule has 0 amide bonds. The van der Waals surface area contributed by atoms with E-state index in [0.717, 1.165) is 6.07 Å². The van der Waals surface area contributed by atoms with Crippen LogP contribution in [0.2, 0.25) is 0 Å². The molecule has 2 aromatic rings. The molecule has 0 aliphatic heterocycles. The number of nitriles is 1. The van der Waals surface area contributed by atoms with Crippen molar-refractivity contribution in [2.45, 2.75) is 6.61 Å². The summed E-state index contributed by atoms with van der Waals surface area (Å²) < 4.78 is 31.6. The van der Waals surface area contributed by atoms with E-state index in [9.17, 15) is 8.78 Å².